The topological polar surface area (TPSA) is 126 Å². The van der Waals surface area contributed by atoms with E-state index >= 15 is 0 Å². The van der Waals surface area contributed by atoms with Crippen molar-refractivity contribution >= 4 is 11.9 Å². The number of carbonyl (C=O) groups is 1. The standard InChI is InChI=1S/C3H9N5O2/c4-3(7-5)8-6-1-2(9)10/h6H,1,5H2,(H,9,10)(H3,4,7,8). The second-order valence-corrected chi connectivity index (χ2v) is 1.39. The van der Waals surface area contributed by atoms with E-state index in [1.807, 2.05) is 0 Å². The molecule has 0 saturated carbocycles. The van der Waals surface area contributed by atoms with Crippen LogP contribution < -0.4 is 22.4 Å². The molecule has 0 bridgehead atoms. The maximum Gasteiger partial charge on any atom is 0.319 e. The van der Waals surface area contributed by atoms with Crippen molar-refractivity contribution in [2.45, 2.75) is 0 Å². The summed E-state index contributed by atoms with van der Waals surface area (Å²) < 4.78 is 0. The van der Waals surface area contributed by atoms with Crippen LogP contribution in [0.15, 0.2) is 5.10 Å². The van der Waals surface area contributed by atoms with Crippen molar-refractivity contribution in [1.29, 1.82) is 0 Å². The van der Waals surface area contributed by atoms with Gasteiger partial charge in [-0.1, -0.05) is 0 Å². The monoisotopic (exact) mass is 147 g/mol. The predicted octanol–water partition coefficient (Wildman–Crippen LogP) is -2.65. The van der Waals surface area contributed by atoms with Gasteiger partial charge in [0.25, 0.3) is 0 Å². The minimum atomic E-state index is -1.00. The van der Waals surface area contributed by atoms with Crippen molar-refractivity contribution in [3.63, 3.8) is 0 Å². The van der Waals surface area contributed by atoms with E-state index in [0.717, 1.165) is 0 Å². The van der Waals surface area contributed by atoms with E-state index in [0.29, 0.717) is 0 Å². The van der Waals surface area contributed by atoms with Crippen molar-refractivity contribution in [1.82, 2.24) is 10.9 Å². The molecule has 0 amide bonds. The molecule has 0 atom stereocenters. The Bertz CT molecular complexity index is 144. The van der Waals surface area contributed by atoms with Crippen LogP contribution >= 0.6 is 0 Å². The molecule has 0 fully saturated rings. The van der Waals surface area contributed by atoms with Crippen LogP contribution in [0.2, 0.25) is 0 Å². The Morgan fingerprint density at radius 1 is 1.70 bits per heavy atom. The molecule has 58 valence electrons. The van der Waals surface area contributed by atoms with Gasteiger partial charge in [0.05, 0.1) is 0 Å². The van der Waals surface area contributed by atoms with Crippen molar-refractivity contribution in [2.75, 3.05) is 6.54 Å². The molecule has 10 heavy (non-hydrogen) atoms. The molecule has 0 aliphatic rings. The van der Waals surface area contributed by atoms with Gasteiger partial charge in [0.1, 0.15) is 6.54 Å². The number of guanidine groups is 1. The number of hydrazone groups is 1. The summed E-state index contributed by atoms with van der Waals surface area (Å²) in [5.74, 6) is 3.63. The normalized spacial score (nSPS) is 11.0. The average molecular weight is 147 g/mol. The Morgan fingerprint density at radius 2 is 2.30 bits per heavy atom. The number of hydrogen-bond acceptors (Lipinski definition) is 4. The Hall–Kier alpha value is -1.50. The molecule has 0 rings (SSSR count). The van der Waals surface area contributed by atoms with Crippen LogP contribution in [0.1, 0.15) is 0 Å². The van der Waals surface area contributed by atoms with Gasteiger partial charge in [0, 0.05) is 0 Å². The number of nitrogens with zero attached hydrogens (tertiary/aromatic N) is 1. The highest BCUT2D eigenvalue weighted by Crippen LogP contribution is 1.55. The third kappa shape index (κ3) is 4.65. The van der Waals surface area contributed by atoms with E-state index in [-0.39, 0.29) is 12.5 Å². The van der Waals surface area contributed by atoms with Crippen molar-refractivity contribution in [3.8, 4) is 0 Å². The SMILES string of the molecule is N/N=C(/N)NNCC(=O)O. The zero-order valence-corrected chi connectivity index (χ0v) is 5.16. The van der Waals surface area contributed by atoms with Gasteiger partial charge in [-0.2, -0.15) is 0 Å². The summed E-state index contributed by atoms with van der Waals surface area (Å²) >= 11 is 0. The Labute approximate surface area is 57.0 Å². The number of nitrogens with two attached hydrogens (primary N) is 2. The number of carboxylic acid groups (broad SMARTS) is 1. The largest absolute Gasteiger partial charge is 0.480 e. The number of hydrogen-bond donors (Lipinski definition) is 5. The van der Waals surface area contributed by atoms with E-state index in [9.17, 15) is 4.79 Å². The summed E-state index contributed by atoms with van der Waals surface area (Å²) in [6.45, 7) is -0.254. The second kappa shape index (κ2) is 4.39. The van der Waals surface area contributed by atoms with Crippen molar-refractivity contribution in [2.24, 2.45) is 16.7 Å². The molecule has 0 aliphatic carbocycles. The van der Waals surface area contributed by atoms with E-state index in [2.05, 4.69) is 16.0 Å². The number of aliphatic carboxylic acids is 1. The van der Waals surface area contributed by atoms with Gasteiger partial charge in [-0.3, -0.25) is 10.2 Å². The van der Waals surface area contributed by atoms with Gasteiger partial charge in [-0.05, 0) is 0 Å². The van der Waals surface area contributed by atoms with Crippen LogP contribution in [0, 0.1) is 0 Å². The highest BCUT2D eigenvalue weighted by atomic mass is 16.4. The van der Waals surface area contributed by atoms with Crippen LogP contribution in [0.4, 0.5) is 0 Å². The van der Waals surface area contributed by atoms with Crippen LogP contribution in [-0.2, 0) is 4.79 Å². The summed E-state index contributed by atoms with van der Waals surface area (Å²) in [7, 11) is 0. The van der Waals surface area contributed by atoms with Crippen molar-refractivity contribution in [3.05, 3.63) is 0 Å². The molecule has 7 nitrogen and oxygen atoms in total. The molecule has 0 heterocycles. The lowest BCUT2D eigenvalue weighted by Crippen LogP contribution is -2.45. The molecule has 0 saturated heterocycles. The Balaban J connectivity index is 3.29. The van der Waals surface area contributed by atoms with Crippen molar-refractivity contribution < 1.29 is 9.90 Å². The van der Waals surface area contributed by atoms with Crippen LogP contribution in [0.3, 0.4) is 0 Å². The predicted molar refractivity (Wildman–Crippen MR) is 34.6 cm³/mol. The average Bonchev–Trinajstić information content (AvgIpc) is 1.87. The molecular weight excluding hydrogens is 138 g/mol. The van der Waals surface area contributed by atoms with Gasteiger partial charge in [-0.25, -0.2) is 5.43 Å². The number of nitrogens with one attached hydrogen (secondary N) is 2. The smallest absolute Gasteiger partial charge is 0.319 e. The number of hydrazine groups is 1. The van der Waals surface area contributed by atoms with E-state index in [1.54, 1.807) is 0 Å². The fourth-order valence-corrected chi connectivity index (χ4v) is 0.243. The summed E-state index contributed by atoms with van der Waals surface area (Å²) in [5, 5.41) is 11.1. The zero-order chi connectivity index (χ0) is 7.98. The highest BCUT2D eigenvalue weighted by molar-refractivity contribution is 5.77. The summed E-state index contributed by atoms with van der Waals surface area (Å²) in [6.07, 6.45) is 0. The van der Waals surface area contributed by atoms with Crippen LogP contribution in [-0.4, -0.2) is 23.6 Å². The third-order valence-corrected chi connectivity index (χ3v) is 0.595. The molecule has 7 N–H and O–H groups in total. The maximum absolute atomic E-state index is 9.85. The first kappa shape index (κ1) is 8.50. The molecule has 0 aliphatic heterocycles. The van der Waals surface area contributed by atoms with Gasteiger partial charge < -0.3 is 16.7 Å². The summed E-state index contributed by atoms with van der Waals surface area (Å²) in [5.41, 5.74) is 9.50. The third-order valence-electron chi connectivity index (χ3n) is 0.595. The molecule has 0 aromatic rings. The lowest BCUT2D eigenvalue weighted by Gasteiger charge is -2.01. The quantitative estimate of drug-likeness (QED) is 0.128. The lowest BCUT2D eigenvalue weighted by molar-refractivity contribution is -0.136. The number of carboxylic acids is 1. The van der Waals surface area contributed by atoms with Gasteiger partial charge in [0.15, 0.2) is 0 Å². The highest BCUT2D eigenvalue weighted by Gasteiger charge is 1.93. The lowest BCUT2D eigenvalue weighted by atomic mass is 10.7. The summed E-state index contributed by atoms with van der Waals surface area (Å²) in [4.78, 5) is 9.85. The van der Waals surface area contributed by atoms with Gasteiger partial charge in [-0.15, -0.1) is 5.10 Å². The minimum absolute atomic E-state index is 0.0683. The number of rotatable bonds is 3. The fraction of sp³-hybridized carbons (Fsp3) is 0.333. The van der Waals surface area contributed by atoms with Crippen LogP contribution in [0.25, 0.3) is 0 Å². The zero-order valence-electron chi connectivity index (χ0n) is 5.16. The van der Waals surface area contributed by atoms with E-state index in [1.165, 1.54) is 0 Å². The molecule has 0 unspecified atom stereocenters. The first-order chi connectivity index (χ1) is 4.66. The van der Waals surface area contributed by atoms with Gasteiger partial charge in [0.2, 0.25) is 5.96 Å². The molecule has 0 spiro atoms. The first-order valence-electron chi connectivity index (χ1n) is 2.41. The Kier molecular flexibility index (Phi) is 3.73. The molecule has 0 radical (unpaired) electrons. The molecular formula is C3H9N5O2. The first-order valence-corrected chi connectivity index (χ1v) is 2.41. The molecule has 0 aromatic heterocycles. The van der Waals surface area contributed by atoms with E-state index < -0.39 is 5.97 Å². The fourth-order valence-electron chi connectivity index (χ4n) is 0.243. The maximum atomic E-state index is 9.85. The minimum Gasteiger partial charge on any atom is -0.480 e. The summed E-state index contributed by atoms with van der Waals surface area (Å²) in [6, 6.07) is 0. The van der Waals surface area contributed by atoms with Crippen LogP contribution in [0.5, 0.6) is 0 Å². The Morgan fingerprint density at radius 3 is 2.70 bits per heavy atom. The van der Waals surface area contributed by atoms with E-state index in [4.69, 9.17) is 16.7 Å². The van der Waals surface area contributed by atoms with Gasteiger partial charge >= 0.3 is 5.97 Å². The second-order valence-electron chi connectivity index (χ2n) is 1.39. The molecule has 7 heteroatoms. The molecule has 0 aromatic carbocycles.